The van der Waals surface area contributed by atoms with Crippen LogP contribution in [-0.2, 0) is 20.2 Å². The molecule has 13 heteroatoms. The number of hydrogen-bond donors (Lipinski definition) is 1. The topological polar surface area (TPSA) is 128 Å². The lowest BCUT2D eigenvalue weighted by Crippen LogP contribution is -2.64. The van der Waals surface area contributed by atoms with Gasteiger partial charge in [0.05, 0.1) is 30.7 Å². The highest BCUT2D eigenvalue weighted by molar-refractivity contribution is 7.85. The summed E-state index contributed by atoms with van der Waals surface area (Å²) in [4.78, 5) is 1.38. The Morgan fingerprint density at radius 1 is 0.917 bits per heavy atom. The number of aromatic nitrogens is 1. The van der Waals surface area contributed by atoms with Gasteiger partial charge in [-0.05, 0) is 61.7 Å². The number of thiazole rings is 1. The SMILES string of the molecule is CCC(=Cc1sc2ccc3ccccc3c2[n+]1C([N+](CC)(CC)CC)S(=O)(=O)O)C=C1Oc2ccc3ccccc3c2N1CS(=O)(=O)[O-]. The first-order valence-electron chi connectivity index (χ1n) is 15.8. The fourth-order valence-electron chi connectivity index (χ4n) is 6.79. The van der Waals surface area contributed by atoms with Crippen molar-refractivity contribution < 1.29 is 39.7 Å². The number of allylic oxidation sites excluding steroid dienone is 2. The third-order valence-electron chi connectivity index (χ3n) is 9.33. The third-order valence-corrected chi connectivity index (χ3v) is 12.2. The maximum absolute atomic E-state index is 13.5. The zero-order valence-corrected chi connectivity index (χ0v) is 29.6. The van der Waals surface area contributed by atoms with Crippen molar-refractivity contribution >= 4 is 75.1 Å². The van der Waals surface area contributed by atoms with Crippen LogP contribution in [0.25, 0.3) is 37.8 Å². The van der Waals surface area contributed by atoms with Crippen LogP contribution in [0.3, 0.4) is 0 Å². The van der Waals surface area contributed by atoms with Crippen molar-refractivity contribution in [1.82, 2.24) is 0 Å². The highest BCUT2D eigenvalue weighted by Crippen LogP contribution is 2.45. The van der Waals surface area contributed by atoms with E-state index in [1.807, 2.05) is 101 Å². The van der Waals surface area contributed by atoms with Gasteiger partial charge in [-0.15, -0.1) is 4.57 Å². The lowest BCUT2D eigenvalue weighted by atomic mass is 10.1. The molecular weight excluding hydrogens is 671 g/mol. The number of benzene rings is 4. The number of rotatable bonds is 11. The molecule has 1 aliphatic rings. The minimum atomic E-state index is -4.71. The molecule has 0 bridgehead atoms. The molecule has 48 heavy (non-hydrogen) atoms. The number of quaternary nitrogens is 1. The lowest BCUT2D eigenvalue weighted by molar-refractivity contribution is -1.05. The maximum atomic E-state index is 13.5. The molecule has 10 nitrogen and oxygen atoms in total. The molecule has 0 aliphatic carbocycles. The van der Waals surface area contributed by atoms with Crippen LogP contribution in [0.2, 0.25) is 0 Å². The second-order valence-electron chi connectivity index (χ2n) is 11.9. The van der Waals surface area contributed by atoms with Crippen LogP contribution >= 0.6 is 11.3 Å². The molecule has 1 N–H and O–H groups in total. The van der Waals surface area contributed by atoms with Crippen LogP contribution in [0.15, 0.2) is 90.3 Å². The zero-order valence-electron chi connectivity index (χ0n) is 27.2. The Labute approximate surface area is 284 Å². The molecule has 6 rings (SSSR count). The molecular formula is C35H38N3O7S3+. The van der Waals surface area contributed by atoms with E-state index in [9.17, 15) is 25.9 Å². The standard InChI is InChI=1S/C35H37N3O7S3/c1-5-24(21-31-36(23-47(39,40)41)33-27-15-11-9-13-25(27)17-19-29(33)45-31)22-32-37(35(48(42,43)44)38(6-2,7-3)8-4)34-28-16-12-10-14-26(28)18-20-30(34)46-32/h9-22,35H,5-8,23H2,1-4H3/p+1. The van der Waals surface area contributed by atoms with Gasteiger partial charge in [0, 0.05) is 17.5 Å². The molecule has 1 aromatic heterocycles. The second kappa shape index (κ2) is 12.9. The summed E-state index contributed by atoms with van der Waals surface area (Å²) in [5.74, 6) is -0.246. The van der Waals surface area contributed by atoms with Gasteiger partial charge >= 0.3 is 15.6 Å². The molecule has 5 aromatic rings. The quantitative estimate of drug-likeness (QED) is 0.0907. The first-order valence-corrected chi connectivity index (χ1v) is 19.7. The van der Waals surface area contributed by atoms with Crippen LogP contribution in [0.5, 0.6) is 5.75 Å². The van der Waals surface area contributed by atoms with E-state index in [2.05, 4.69) is 0 Å². The first kappa shape index (κ1) is 34.0. The number of hydrogen-bond acceptors (Lipinski definition) is 8. The average Bonchev–Trinajstić information content (AvgIpc) is 3.59. The van der Waals surface area contributed by atoms with Crippen molar-refractivity contribution in [2.24, 2.45) is 0 Å². The molecule has 0 saturated carbocycles. The molecule has 1 atom stereocenters. The predicted molar refractivity (Wildman–Crippen MR) is 190 cm³/mol. The predicted octanol–water partition coefficient (Wildman–Crippen LogP) is 6.75. The van der Waals surface area contributed by atoms with Crippen molar-refractivity contribution in [3.63, 3.8) is 0 Å². The van der Waals surface area contributed by atoms with Crippen LogP contribution in [0, 0.1) is 0 Å². The Bertz CT molecular complexity index is 2320. The van der Waals surface area contributed by atoms with Crippen LogP contribution in [0.1, 0.15) is 44.6 Å². The summed E-state index contributed by atoms with van der Waals surface area (Å²) >= 11 is 1.40. The average molecular weight is 709 g/mol. The number of fused-ring (bicyclic) bond motifs is 6. The summed E-state index contributed by atoms with van der Waals surface area (Å²) in [5.41, 5.74) is 0.536. The Hall–Kier alpha value is -3.85. The van der Waals surface area contributed by atoms with E-state index in [1.165, 1.54) is 16.2 Å². The van der Waals surface area contributed by atoms with Crippen LogP contribution in [0.4, 0.5) is 5.69 Å². The summed E-state index contributed by atoms with van der Waals surface area (Å²) in [7, 11) is -9.37. The minimum Gasteiger partial charge on any atom is -0.747 e. The van der Waals surface area contributed by atoms with Gasteiger partial charge in [-0.3, -0.25) is 13.9 Å². The molecule has 0 spiro atoms. The van der Waals surface area contributed by atoms with Gasteiger partial charge in [0.1, 0.15) is 20.7 Å². The van der Waals surface area contributed by atoms with Crippen molar-refractivity contribution in [1.29, 1.82) is 0 Å². The largest absolute Gasteiger partial charge is 0.747 e. The van der Waals surface area contributed by atoms with Crippen molar-refractivity contribution in [3.8, 4) is 5.75 Å². The maximum Gasteiger partial charge on any atom is 0.412 e. The zero-order chi connectivity index (χ0) is 34.4. The van der Waals surface area contributed by atoms with Crippen LogP contribution in [-0.4, -0.2) is 55.9 Å². The molecule has 252 valence electrons. The Balaban J connectivity index is 1.61. The van der Waals surface area contributed by atoms with Gasteiger partial charge in [0.15, 0.2) is 5.75 Å². The molecule has 0 radical (unpaired) electrons. The highest BCUT2D eigenvalue weighted by Gasteiger charge is 2.52. The lowest BCUT2D eigenvalue weighted by Gasteiger charge is -2.36. The molecule has 1 aliphatic heterocycles. The molecule has 2 heterocycles. The summed E-state index contributed by atoms with van der Waals surface area (Å²) in [6.07, 6.45) is 4.01. The van der Waals surface area contributed by atoms with Gasteiger partial charge < -0.3 is 9.29 Å². The summed E-state index contributed by atoms with van der Waals surface area (Å²) in [6, 6.07) is 22.8. The van der Waals surface area contributed by atoms with E-state index in [1.54, 1.807) is 16.7 Å². The Morgan fingerprint density at radius 3 is 2.12 bits per heavy atom. The third kappa shape index (κ3) is 6.10. The van der Waals surface area contributed by atoms with Gasteiger partial charge in [0.25, 0.3) is 5.01 Å². The minimum absolute atomic E-state index is 0.0859. The molecule has 4 aromatic carbocycles. The second-order valence-corrected chi connectivity index (χ2v) is 15.7. The molecule has 0 saturated heterocycles. The molecule has 1 unspecified atom stereocenters. The number of ether oxygens (including phenoxy) is 1. The first-order chi connectivity index (χ1) is 22.8. The van der Waals surface area contributed by atoms with E-state index >= 15 is 0 Å². The Morgan fingerprint density at radius 2 is 1.52 bits per heavy atom. The van der Waals surface area contributed by atoms with E-state index in [0.29, 0.717) is 53.6 Å². The summed E-state index contributed by atoms with van der Waals surface area (Å²) in [6.45, 7) is 9.07. The van der Waals surface area contributed by atoms with Gasteiger partial charge in [-0.2, -0.15) is 8.42 Å². The fraction of sp³-hybridized carbons (Fsp3) is 0.286. The van der Waals surface area contributed by atoms with E-state index in [0.717, 1.165) is 26.2 Å². The number of nitrogens with zero attached hydrogens (tertiary/aromatic N) is 3. The summed E-state index contributed by atoms with van der Waals surface area (Å²) < 4.78 is 83.3. The smallest absolute Gasteiger partial charge is 0.412 e. The normalized spacial score (nSPS) is 15.8. The summed E-state index contributed by atoms with van der Waals surface area (Å²) in [5, 5.41) is 3.97. The van der Waals surface area contributed by atoms with Gasteiger partial charge in [-0.25, -0.2) is 8.42 Å². The van der Waals surface area contributed by atoms with E-state index in [4.69, 9.17) is 4.74 Å². The van der Waals surface area contributed by atoms with Gasteiger partial charge in [0.2, 0.25) is 11.4 Å². The van der Waals surface area contributed by atoms with E-state index in [-0.39, 0.29) is 10.4 Å². The highest BCUT2D eigenvalue weighted by atomic mass is 32.2. The van der Waals surface area contributed by atoms with Gasteiger partial charge in [-0.1, -0.05) is 72.9 Å². The number of anilines is 1. The van der Waals surface area contributed by atoms with E-state index < -0.39 is 31.6 Å². The monoisotopic (exact) mass is 708 g/mol. The molecule has 0 fully saturated rings. The fourth-order valence-corrected chi connectivity index (χ4v) is 10.1. The van der Waals surface area contributed by atoms with Crippen molar-refractivity contribution in [3.05, 3.63) is 95.3 Å². The van der Waals surface area contributed by atoms with Crippen molar-refractivity contribution in [2.45, 2.75) is 39.6 Å². The molecule has 0 amide bonds. The Kier molecular flexibility index (Phi) is 9.13. The van der Waals surface area contributed by atoms with Crippen LogP contribution < -0.4 is 14.2 Å². The van der Waals surface area contributed by atoms with Crippen molar-refractivity contribution in [2.75, 3.05) is 30.4 Å².